The second-order valence-corrected chi connectivity index (χ2v) is 7.62. The van der Waals surface area contributed by atoms with Crippen molar-refractivity contribution in [3.05, 3.63) is 53.2 Å². The molecule has 4 aromatic rings. The molecule has 0 unspecified atom stereocenters. The molecule has 144 valence electrons. The molecule has 4 rings (SSSR count). The fourth-order valence-corrected chi connectivity index (χ4v) is 4.02. The number of aryl methyl sites for hydroxylation is 1. The normalized spacial score (nSPS) is 11.2. The molecule has 0 saturated carbocycles. The molecule has 0 amide bonds. The van der Waals surface area contributed by atoms with E-state index in [0.29, 0.717) is 12.4 Å². The van der Waals surface area contributed by atoms with Gasteiger partial charge in [0, 0.05) is 13.0 Å². The predicted molar refractivity (Wildman–Crippen MR) is 114 cm³/mol. The number of nitrogen functional groups attached to an aromatic ring is 1. The Hall–Kier alpha value is -2.93. The average molecular weight is 394 g/mol. The van der Waals surface area contributed by atoms with Gasteiger partial charge in [0.15, 0.2) is 5.82 Å². The first-order valence-electron chi connectivity index (χ1n) is 9.39. The lowest BCUT2D eigenvalue weighted by atomic mass is 10.2. The van der Waals surface area contributed by atoms with Crippen LogP contribution in [0.25, 0.3) is 21.6 Å². The van der Waals surface area contributed by atoms with Crippen molar-refractivity contribution >= 4 is 28.2 Å². The molecular weight excluding hydrogens is 370 g/mol. The highest BCUT2D eigenvalue weighted by molar-refractivity contribution is 7.13. The van der Waals surface area contributed by atoms with Gasteiger partial charge in [-0.3, -0.25) is 0 Å². The average Bonchev–Trinajstić information content (AvgIpc) is 3.37. The third-order valence-electron chi connectivity index (χ3n) is 4.78. The van der Waals surface area contributed by atoms with Gasteiger partial charge in [-0.1, -0.05) is 31.5 Å². The topological polar surface area (TPSA) is 78.9 Å². The Labute approximate surface area is 168 Å². The van der Waals surface area contributed by atoms with Crippen LogP contribution in [0.15, 0.2) is 41.8 Å². The number of methoxy groups -OCH3 is 1. The fourth-order valence-electron chi connectivity index (χ4n) is 3.31. The van der Waals surface area contributed by atoms with Crippen LogP contribution >= 0.6 is 11.3 Å². The summed E-state index contributed by atoms with van der Waals surface area (Å²) in [4.78, 5) is 5.93. The van der Waals surface area contributed by atoms with Gasteiger partial charge in [0.05, 0.1) is 12.0 Å². The zero-order valence-corrected chi connectivity index (χ0v) is 16.9. The van der Waals surface area contributed by atoms with E-state index in [1.54, 1.807) is 18.4 Å². The van der Waals surface area contributed by atoms with Crippen molar-refractivity contribution in [2.75, 3.05) is 12.8 Å². The van der Waals surface area contributed by atoms with Gasteiger partial charge in [-0.15, -0.1) is 21.5 Å². The van der Waals surface area contributed by atoms with Crippen LogP contribution in [-0.4, -0.2) is 26.9 Å². The SMILES string of the molecule is CCCCc1nc2c(N)nnc(-c3cccs3)c2n1Cc1ccc(OC)cc1. The fraction of sp³-hybridized carbons (Fsp3) is 0.286. The number of ether oxygens (including phenoxy) is 1. The smallest absolute Gasteiger partial charge is 0.174 e. The van der Waals surface area contributed by atoms with Gasteiger partial charge in [0.25, 0.3) is 0 Å². The van der Waals surface area contributed by atoms with Crippen LogP contribution in [0.2, 0.25) is 0 Å². The molecular formula is C21H23N5OS. The van der Waals surface area contributed by atoms with E-state index < -0.39 is 0 Å². The van der Waals surface area contributed by atoms with Gasteiger partial charge < -0.3 is 15.0 Å². The minimum absolute atomic E-state index is 0.376. The Morgan fingerprint density at radius 1 is 1.14 bits per heavy atom. The summed E-state index contributed by atoms with van der Waals surface area (Å²) in [7, 11) is 1.68. The van der Waals surface area contributed by atoms with Crippen LogP contribution in [0.4, 0.5) is 5.82 Å². The van der Waals surface area contributed by atoms with Gasteiger partial charge in [0.2, 0.25) is 0 Å². The molecule has 0 bridgehead atoms. The number of hydrogen-bond donors (Lipinski definition) is 1. The predicted octanol–water partition coefficient (Wildman–Crippen LogP) is 4.54. The van der Waals surface area contributed by atoms with Gasteiger partial charge in [-0.25, -0.2) is 4.98 Å². The standard InChI is InChI=1S/C21H23N5OS/c1-3-4-7-17-23-19-20(18(24-25-21(19)22)16-6-5-12-28-16)26(17)13-14-8-10-15(27-2)11-9-14/h5-6,8-12H,3-4,7,13H2,1-2H3,(H2,22,25). The van der Waals surface area contributed by atoms with E-state index in [1.807, 2.05) is 23.6 Å². The van der Waals surface area contributed by atoms with E-state index >= 15 is 0 Å². The second kappa shape index (κ2) is 7.98. The molecule has 0 aliphatic carbocycles. The van der Waals surface area contributed by atoms with Crippen molar-refractivity contribution < 1.29 is 4.74 Å². The van der Waals surface area contributed by atoms with Crippen LogP contribution in [0.5, 0.6) is 5.75 Å². The van der Waals surface area contributed by atoms with E-state index in [1.165, 1.54) is 5.56 Å². The van der Waals surface area contributed by atoms with Crippen molar-refractivity contribution in [2.45, 2.75) is 32.7 Å². The van der Waals surface area contributed by atoms with Crippen molar-refractivity contribution in [1.82, 2.24) is 19.7 Å². The molecule has 0 spiro atoms. The van der Waals surface area contributed by atoms with Crippen LogP contribution < -0.4 is 10.5 Å². The number of unbranched alkanes of at least 4 members (excludes halogenated alkanes) is 1. The highest BCUT2D eigenvalue weighted by Crippen LogP contribution is 2.33. The molecule has 3 aromatic heterocycles. The summed E-state index contributed by atoms with van der Waals surface area (Å²) in [5.74, 6) is 2.24. The highest BCUT2D eigenvalue weighted by atomic mass is 32.1. The number of fused-ring (bicyclic) bond motifs is 1. The first-order chi connectivity index (χ1) is 13.7. The second-order valence-electron chi connectivity index (χ2n) is 6.67. The molecule has 0 aliphatic heterocycles. The monoisotopic (exact) mass is 393 g/mol. The first kappa shape index (κ1) is 18.4. The quantitative estimate of drug-likeness (QED) is 0.499. The number of imidazole rings is 1. The van der Waals surface area contributed by atoms with Gasteiger partial charge in [0.1, 0.15) is 28.3 Å². The number of aromatic nitrogens is 4. The molecule has 3 heterocycles. The Morgan fingerprint density at radius 3 is 2.64 bits per heavy atom. The molecule has 7 heteroatoms. The number of rotatable bonds is 7. The Kier molecular flexibility index (Phi) is 5.25. The molecule has 28 heavy (non-hydrogen) atoms. The van der Waals surface area contributed by atoms with Crippen LogP contribution in [0.3, 0.4) is 0 Å². The third-order valence-corrected chi connectivity index (χ3v) is 5.66. The van der Waals surface area contributed by atoms with Gasteiger partial charge in [-0.05, 0) is 35.6 Å². The maximum absolute atomic E-state index is 6.16. The van der Waals surface area contributed by atoms with Crippen LogP contribution in [-0.2, 0) is 13.0 Å². The summed E-state index contributed by atoms with van der Waals surface area (Å²) in [5.41, 5.74) is 9.86. The number of nitrogens with zero attached hydrogens (tertiary/aromatic N) is 4. The number of thiophene rings is 1. The maximum atomic E-state index is 6.16. The van der Waals surface area contributed by atoms with E-state index in [0.717, 1.165) is 52.4 Å². The summed E-state index contributed by atoms with van der Waals surface area (Å²) < 4.78 is 7.53. The molecule has 1 aromatic carbocycles. The van der Waals surface area contributed by atoms with E-state index in [4.69, 9.17) is 15.5 Å². The molecule has 6 nitrogen and oxygen atoms in total. The Morgan fingerprint density at radius 2 is 1.96 bits per heavy atom. The van der Waals surface area contributed by atoms with Gasteiger partial charge in [-0.2, -0.15) is 0 Å². The van der Waals surface area contributed by atoms with Crippen molar-refractivity contribution in [1.29, 1.82) is 0 Å². The lowest BCUT2D eigenvalue weighted by molar-refractivity contribution is 0.414. The molecule has 0 atom stereocenters. The maximum Gasteiger partial charge on any atom is 0.174 e. The molecule has 0 saturated heterocycles. The van der Waals surface area contributed by atoms with Crippen molar-refractivity contribution in [2.24, 2.45) is 0 Å². The number of anilines is 1. The van der Waals surface area contributed by atoms with Crippen LogP contribution in [0, 0.1) is 0 Å². The Bertz CT molecular complexity index is 1070. The number of nitrogens with two attached hydrogens (primary N) is 1. The summed E-state index contributed by atoms with van der Waals surface area (Å²) >= 11 is 1.64. The van der Waals surface area contributed by atoms with Gasteiger partial charge >= 0.3 is 0 Å². The number of benzene rings is 1. The zero-order valence-electron chi connectivity index (χ0n) is 16.1. The highest BCUT2D eigenvalue weighted by Gasteiger charge is 2.20. The lowest BCUT2D eigenvalue weighted by Crippen LogP contribution is -2.07. The first-order valence-corrected chi connectivity index (χ1v) is 10.3. The summed E-state index contributed by atoms with van der Waals surface area (Å²) in [6.45, 7) is 2.88. The molecule has 0 radical (unpaired) electrons. The number of hydrogen-bond acceptors (Lipinski definition) is 6. The van der Waals surface area contributed by atoms with E-state index in [-0.39, 0.29) is 0 Å². The zero-order chi connectivity index (χ0) is 19.5. The van der Waals surface area contributed by atoms with Crippen molar-refractivity contribution in [3.8, 4) is 16.3 Å². The minimum Gasteiger partial charge on any atom is -0.497 e. The van der Waals surface area contributed by atoms with E-state index in [2.05, 4.69) is 39.9 Å². The summed E-state index contributed by atoms with van der Waals surface area (Å²) in [6, 6.07) is 12.2. The van der Waals surface area contributed by atoms with Crippen molar-refractivity contribution in [3.63, 3.8) is 0 Å². The minimum atomic E-state index is 0.376. The Balaban J connectivity index is 1.88. The summed E-state index contributed by atoms with van der Waals surface area (Å²) in [6.07, 6.45) is 3.07. The molecule has 0 fully saturated rings. The molecule has 2 N–H and O–H groups in total. The largest absolute Gasteiger partial charge is 0.497 e. The summed E-state index contributed by atoms with van der Waals surface area (Å²) in [5, 5.41) is 10.6. The van der Waals surface area contributed by atoms with E-state index in [9.17, 15) is 0 Å². The molecule has 0 aliphatic rings. The van der Waals surface area contributed by atoms with Crippen LogP contribution in [0.1, 0.15) is 31.2 Å². The lowest BCUT2D eigenvalue weighted by Gasteiger charge is -2.11. The third kappa shape index (κ3) is 3.45.